The molecule has 0 radical (unpaired) electrons. The Morgan fingerprint density at radius 2 is 2.00 bits per heavy atom. The van der Waals surface area contributed by atoms with E-state index in [2.05, 4.69) is 15.6 Å². The van der Waals surface area contributed by atoms with Gasteiger partial charge in [0.25, 0.3) is 0 Å². The second-order valence-electron chi connectivity index (χ2n) is 5.71. The monoisotopic (exact) mass is 398 g/mol. The number of rotatable bonds is 3. The Morgan fingerprint density at radius 3 is 2.64 bits per heavy atom. The van der Waals surface area contributed by atoms with Crippen molar-refractivity contribution in [1.29, 1.82) is 0 Å². The SMILES string of the molecule is Cl.Cl.Cn1c(CNC(=O)[C@@H]2CNC[C@H]2C(F)(F)F)nc2ccccc21. The van der Waals surface area contributed by atoms with E-state index in [0.717, 1.165) is 11.0 Å². The van der Waals surface area contributed by atoms with Gasteiger partial charge in [0.2, 0.25) is 5.91 Å². The summed E-state index contributed by atoms with van der Waals surface area (Å²) >= 11 is 0. The number of hydrogen-bond acceptors (Lipinski definition) is 3. The largest absolute Gasteiger partial charge is 0.393 e. The van der Waals surface area contributed by atoms with E-state index in [4.69, 9.17) is 0 Å². The van der Waals surface area contributed by atoms with Crippen LogP contribution in [0.2, 0.25) is 0 Å². The van der Waals surface area contributed by atoms with E-state index in [9.17, 15) is 18.0 Å². The Balaban J connectivity index is 0.00000156. The molecule has 2 aromatic rings. The lowest BCUT2D eigenvalue weighted by atomic mass is 9.94. The summed E-state index contributed by atoms with van der Waals surface area (Å²) in [6.45, 7) is -0.0719. The predicted octanol–water partition coefficient (Wildman–Crippen LogP) is 2.43. The van der Waals surface area contributed by atoms with Gasteiger partial charge < -0.3 is 15.2 Å². The minimum Gasteiger partial charge on any atom is -0.349 e. The van der Waals surface area contributed by atoms with Crippen molar-refractivity contribution in [1.82, 2.24) is 20.2 Å². The van der Waals surface area contributed by atoms with E-state index >= 15 is 0 Å². The third-order valence-electron chi connectivity index (χ3n) is 4.27. The van der Waals surface area contributed by atoms with Crippen molar-refractivity contribution in [2.75, 3.05) is 13.1 Å². The van der Waals surface area contributed by atoms with E-state index < -0.39 is 23.9 Å². The summed E-state index contributed by atoms with van der Waals surface area (Å²) in [4.78, 5) is 16.5. The fraction of sp³-hybridized carbons (Fsp3) is 0.467. The first-order valence-electron chi connectivity index (χ1n) is 7.33. The maximum atomic E-state index is 12.9. The van der Waals surface area contributed by atoms with Crippen LogP contribution in [0.3, 0.4) is 0 Å². The van der Waals surface area contributed by atoms with Gasteiger partial charge in [0, 0.05) is 20.1 Å². The molecular formula is C15H19Cl2F3N4O. The molecule has 25 heavy (non-hydrogen) atoms. The van der Waals surface area contributed by atoms with Crippen LogP contribution >= 0.6 is 24.8 Å². The highest BCUT2D eigenvalue weighted by Gasteiger charge is 2.49. The van der Waals surface area contributed by atoms with Crippen LogP contribution in [0.1, 0.15) is 5.82 Å². The normalized spacial score (nSPS) is 20.0. The van der Waals surface area contributed by atoms with E-state index in [1.54, 1.807) is 0 Å². The maximum absolute atomic E-state index is 12.9. The molecule has 2 heterocycles. The predicted molar refractivity (Wildman–Crippen MR) is 93.0 cm³/mol. The Hall–Kier alpha value is -1.51. The smallest absolute Gasteiger partial charge is 0.349 e. The highest BCUT2D eigenvalue weighted by Crippen LogP contribution is 2.34. The van der Waals surface area contributed by atoms with Crippen molar-refractivity contribution in [2.45, 2.75) is 12.7 Å². The van der Waals surface area contributed by atoms with Gasteiger partial charge in [0.1, 0.15) is 5.82 Å². The number of aromatic nitrogens is 2. The number of carbonyl (C=O) groups excluding carboxylic acids is 1. The Bertz CT molecular complexity index is 735. The molecule has 1 aromatic carbocycles. The van der Waals surface area contributed by atoms with Gasteiger partial charge in [-0.25, -0.2) is 4.98 Å². The molecule has 2 atom stereocenters. The molecule has 5 nitrogen and oxygen atoms in total. The molecule has 0 unspecified atom stereocenters. The number of aryl methyl sites for hydroxylation is 1. The summed E-state index contributed by atoms with van der Waals surface area (Å²) in [7, 11) is 1.81. The summed E-state index contributed by atoms with van der Waals surface area (Å²) in [5, 5.41) is 5.22. The summed E-state index contributed by atoms with van der Waals surface area (Å²) in [6.07, 6.45) is -4.37. The third kappa shape index (κ3) is 4.37. The first kappa shape index (κ1) is 21.5. The van der Waals surface area contributed by atoms with Crippen LogP contribution in [0.15, 0.2) is 24.3 Å². The standard InChI is InChI=1S/C15H17F3N4O.2ClH/c1-22-12-5-3-2-4-11(12)21-13(22)8-20-14(23)9-6-19-7-10(9)15(16,17)18;;/h2-5,9-10,19H,6-8H2,1H3,(H,20,23);2*1H/t9-,10-;;/m1../s1. The lowest BCUT2D eigenvalue weighted by Crippen LogP contribution is -2.40. The van der Waals surface area contributed by atoms with Gasteiger partial charge in [-0.05, 0) is 12.1 Å². The summed E-state index contributed by atoms with van der Waals surface area (Å²) in [5.74, 6) is -2.72. The van der Waals surface area contributed by atoms with Gasteiger partial charge in [-0.1, -0.05) is 12.1 Å². The topological polar surface area (TPSA) is 59.0 Å². The molecule has 0 aliphatic carbocycles. The number of halogens is 5. The fourth-order valence-corrected chi connectivity index (χ4v) is 2.95. The molecule has 1 aliphatic rings. The van der Waals surface area contributed by atoms with E-state index in [-0.39, 0.29) is 44.4 Å². The number of imidazole rings is 1. The third-order valence-corrected chi connectivity index (χ3v) is 4.27. The second-order valence-corrected chi connectivity index (χ2v) is 5.71. The van der Waals surface area contributed by atoms with Gasteiger partial charge in [-0.2, -0.15) is 13.2 Å². The van der Waals surface area contributed by atoms with Crippen molar-refractivity contribution < 1.29 is 18.0 Å². The zero-order valence-corrected chi connectivity index (χ0v) is 15.0. The molecule has 1 aliphatic heterocycles. The number of hydrogen-bond donors (Lipinski definition) is 2. The van der Waals surface area contributed by atoms with Crippen molar-refractivity contribution in [3.63, 3.8) is 0 Å². The molecule has 1 amide bonds. The molecule has 1 fully saturated rings. The zero-order valence-electron chi connectivity index (χ0n) is 13.3. The molecular weight excluding hydrogens is 380 g/mol. The Labute approximate surface area is 155 Å². The average Bonchev–Trinajstić information content (AvgIpc) is 3.10. The van der Waals surface area contributed by atoms with E-state index in [1.165, 1.54) is 0 Å². The van der Waals surface area contributed by atoms with Gasteiger partial charge in [0.15, 0.2) is 0 Å². The summed E-state index contributed by atoms with van der Waals surface area (Å²) in [5.41, 5.74) is 1.70. The molecule has 2 N–H and O–H groups in total. The van der Waals surface area contributed by atoms with Gasteiger partial charge in [-0.3, -0.25) is 4.79 Å². The number of carbonyl (C=O) groups is 1. The van der Waals surface area contributed by atoms with E-state index in [1.807, 2.05) is 35.9 Å². The number of benzene rings is 1. The molecule has 0 saturated carbocycles. The lowest BCUT2D eigenvalue weighted by Gasteiger charge is -2.20. The average molecular weight is 399 g/mol. The lowest BCUT2D eigenvalue weighted by molar-refractivity contribution is -0.182. The summed E-state index contributed by atoms with van der Waals surface area (Å²) in [6, 6.07) is 7.48. The second kappa shape index (κ2) is 8.25. The van der Waals surface area contributed by atoms with Crippen LogP contribution in [0, 0.1) is 11.8 Å². The minimum absolute atomic E-state index is 0. The van der Waals surface area contributed by atoms with Crippen LogP contribution in [-0.4, -0.2) is 34.7 Å². The van der Waals surface area contributed by atoms with Gasteiger partial charge in [-0.15, -0.1) is 24.8 Å². The first-order valence-corrected chi connectivity index (χ1v) is 7.33. The molecule has 0 spiro atoms. The quantitative estimate of drug-likeness (QED) is 0.834. The first-order chi connectivity index (χ1) is 10.9. The number of alkyl halides is 3. The van der Waals surface area contributed by atoms with Crippen molar-refractivity contribution in [2.24, 2.45) is 18.9 Å². The summed E-state index contributed by atoms with van der Waals surface area (Å²) < 4.78 is 40.5. The van der Waals surface area contributed by atoms with Crippen molar-refractivity contribution >= 4 is 41.8 Å². The van der Waals surface area contributed by atoms with Crippen LogP contribution in [0.5, 0.6) is 0 Å². The highest BCUT2D eigenvalue weighted by molar-refractivity contribution is 5.85. The minimum atomic E-state index is -4.37. The van der Waals surface area contributed by atoms with Gasteiger partial charge >= 0.3 is 6.18 Å². The molecule has 3 rings (SSSR count). The zero-order chi connectivity index (χ0) is 16.6. The van der Waals surface area contributed by atoms with Crippen LogP contribution in [0.4, 0.5) is 13.2 Å². The maximum Gasteiger partial charge on any atom is 0.393 e. The number of para-hydroxylation sites is 2. The Kier molecular flexibility index (Phi) is 7.10. The van der Waals surface area contributed by atoms with Crippen LogP contribution in [0.25, 0.3) is 11.0 Å². The van der Waals surface area contributed by atoms with Gasteiger partial charge in [0.05, 0.1) is 29.4 Å². The number of fused-ring (bicyclic) bond motifs is 1. The van der Waals surface area contributed by atoms with E-state index in [0.29, 0.717) is 5.82 Å². The van der Waals surface area contributed by atoms with Crippen LogP contribution in [-0.2, 0) is 18.4 Å². The van der Waals surface area contributed by atoms with Crippen LogP contribution < -0.4 is 10.6 Å². The number of amides is 1. The fourth-order valence-electron chi connectivity index (χ4n) is 2.95. The number of nitrogens with zero attached hydrogens (tertiary/aromatic N) is 2. The molecule has 0 bridgehead atoms. The molecule has 140 valence electrons. The van der Waals surface area contributed by atoms with Crippen molar-refractivity contribution in [3.05, 3.63) is 30.1 Å². The highest BCUT2D eigenvalue weighted by atomic mass is 35.5. The molecule has 10 heteroatoms. The molecule has 1 saturated heterocycles. The van der Waals surface area contributed by atoms with Crippen molar-refractivity contribution in [3.8, 4) is 0 Å². The molecule has 1 aromatic heterocycles. The Morgan fingerprint density at radius 1 is 1.32 bits per heavy atom. The number of nitrogens with one attached hydrogen (secondary N) is 2.